The standard InChI is InChI=1S/C18H25N3O2/c1-12-5-6-14-15(12)16(20-11-19-14)13-7-9-21(10-8-13)17(22)23-18(2,3)4/h7,11-12H,5-6,8-10H2,1-4H3/t12-/m1/s1. The molecule has 2 heterocycles. The molecule has 0 unspecified atom stereocenters. The van der Waals surface area contributed by atoms with Crippen molar-refractivity contribution < 1.29 is 9.53 Å². The van der Waals surface area contributed by atoms with Crippen molar-refractivity contribution in [1.29, 1.82) is 0 Å². The van der Waals surface area contributed by atoms with Crippen molar-refractivity contribution >= 4 is 11.7 Å². The number of amides is 1. The van der Waals surface area contributed by atoms with Crippen LogP contribution in [0.1, 0.15) is 63.4 Å². The van der Waals surface area contributed by atoms with Gasteiger partial charge in [0.25, 0.3) is 0 Å². The zero-order chi connectivity index (χ0) is 16.6. The molecule has 5 heteroatoms. The summed E-state index contributed by atoms with van der Waals surface area (Å²) in [4.78, 5) is 22.9. The second-order valence-electron chi connectivity index (χ2n) is 7.43. The van der Waals surface area contributed by atoms with E-state index in [2.05, 4.69) is 23.0 Å². The number of aryl methyl sites for hydroxylation is 1. The monoisotopic (exact) mass is 315 g/mol. The fourth-order valence-electron chi connectivity index (χ4n) is 3.28. The predicted molar refractivity (Wildman–Crippen MR) is 89.2 cm³/mol. The van der Waals surface area contributed by atoms with Gasteiger partial charge in [0.2, 0.25) is 0 Å². The number of ether oxygens (including phenoxy) is 1. The molecule has 23 heavy (non-hydrogen) atoms. The largest absolute Gasteiger partial charge is 0.444 e. The maximum absolute atomic E-state index is 12.1. The number of carbonyl (C=O) groups is 1. The van der Waals surface area contributed by atoms with Gasteiger partial charge in [0.05, 0.1) is 5.69 Å². The number of nitrogens with zero attached hydrogens (tertiary/aromatic N) is 3. The summed E-state index contributed by atoms with van der Waals surface area (Å²) in [5.74, 6) is 0.519. The fourth-order valence-corrected chi connectivity index (χ4v) is 3.28. The van der Waals surface area contributed by atoms with Crippen LogP contribution >= 0.6 is 0 Å². The van der Waals surface area contributed by atoms with Gasteiger partial charge in [-0.25, -0.2) is 14.8 Å². The maximum atomic E-state index is 12.1. The molecule has 1 aromatic rings. The van der Waals surface area contributed by atoms with Crippen LogP contribution in [0.3, 0.4) is 0 Å². The van der Waals surface area contributed by atoms with Gasteiger partial charge in [-0.05, 0) is 51.5 Å². The Kier molecular flexibility index (Phi) is 4.13. The quantitative estimate of drug-likeness (QED) is 0.795. The van der Waals surface area contributed by atoms with Crippen molar-refractivity contribution in [2.24, 2.45) is 0 Å². The molecule has 5 nitrogen and oxygen atoms in total. The van der Waals surface area contributed by atoms with Gasteiger partial charge < -0.3 is 9.64 Å². The molecular weight excluding hydrogens is 290 g/mol. The lowest BCUT2D eigenvalue weighted by Gasteiger charge is -2.29. The second-order valence-corrected chi connectivity index (χ2v) is 7.43. The number of hydrogen-bond acceptors (Lipinski definition) is 4. The average molecular weight is 315 g/mol. The molecular formula is C18H25N3O2. The summed E-state index contributed by atoms with van der Waals surface area (Å²) in [5, 5.41) is 0. The van der Waals surface area contributed by atoms with E-state index >= 15 is 0 Å². The first-order valence-corrected chi connectivity index (χ1v) is 8.36. The van der Waals surface area contributed by atoms with E-state index in [9.17, 15) is 4.79 Å². The third-order valence-electron chi connectivity index (χ3n) is 4.44. The van der Waals surface area contributed by atoms with Crippen LogP contribution in [0.4, 0.5) is 4.79 Å². The molecule has 0 N–H and O–H groups in total. The maximum Gasteiger partial charge on any atom is 0.410 e. The number of hydrogen-bond donors (Lipinski definition) is 0. The van der Waals surface area contributed by atoms with Gasteiger partial charge in [-0.3, -0.25) is 0 Å². The molecule has 0 fully saturated rings. The Bertz CT molecular complexity index is 646. The molecule has 1 aliphatic heterocycles. The zero-order valence-corrected chi connectivity index (χ0v) is 14.4. The zero-order valence-electron chi connectivity index (χ0n) is 14.4. The Morgan fingerprint density at radius 2 is 2.09 bits per heavy atom. The fraction of sp³-hybridized carbons (Fsp3) is 0.611. The lowest BCUT2D eigenvalue weighted by molar-refractivity contribution is 0.0270. The van der Waals surface area contributed by atoms with Crippen LogP contribution in [-0.4, -0.2) is 39.7 Å². The Morgan fingerprint density at radius 3 is 2.74 bits per heavy atom. The van der Waals surface area contributed by atoms with Crippen LogP contribution in [-0.2, 0) is 11.2 Å². The first-order valence-electron chi connectivity index (χ1n) is 8.36. The topological polar surface area (TPSA) is 55.3 Å². The molecule has 1 aliphatic carbocycles. The van der Waals surface area contributed by atoms with Crippen LogP contribution in [0.25, 0.3) is 5.57 Å². The number of fused-ring (bicyclic) bond motifs is 1. The van der Waals surface area contributed by atoms with E-state index in [1.807, 2.05) is 20.8 Å². The molecule has 2 aliphatic rings. The van der Waals surface area contributed by atoms with Gasteiger partial charge in [0.1, 0.15) is 11.9 Å². The summed E-state index contributed by atoms with van der Waals surface area (Å²) in [6.45, 7) is 9.17. The van der Waals surface area contributed by atoms with E-state index in [0.717, 1.165) is 25.0 Å². The minimum atomic E-state index is -0.454. The number of aromatic nitrogens is 2. The minimum Gasteiger partial charge on any atom is -0.444 e. The minimum absolute atomic E-state index is 0.242. The van der Waals surface area contributed by atoms with Crippen molar-refractivity contribution in [1.82, 2.24) is 14.9 Å². The molecule has 124 valence electrons. The summed E-state index contributed by atoms with van der Waals surface area (Å²) in [6, 6.07) is 0. The number of rotatable bonds is 1. The van der Waals surface area contributed by atoms with E-state index in [1.165, 1.54) is 16.8 Å². The van der Waals surface area contributed by atoms with Gasteiger partial charge in [-0.15, -0.1) is 0 Å². The van der Waals surface area contributed by atoms with E-state index in [4.69, 9.17) is 4.74 Å². The summed E-state index contributed by atoms with van der Waals surface area (Å²) >= 11 is 0. The summed E-state index contributed by atoms with van der Waals surface area (Å²) in [5.41, 5.74) is 4.37. The number of carbonyl (C=O) groups excluding carboxylic acids is 1. The Balaban J connectivity index is 1.76. The molecule has 1 atom stereocenters. The van der Waals surface area contributed by atoms with E-state index in [0.29, 0.717) is 19.0 Å². The predicted octanol–water partition coefficient (Wildman–Crippen LogP) is 3.55. The van der Waals surface area contributed by atoms with E-state index < -0.39 is 5.60 Å². The van der Waals surface area contributed by atoms with Gasteiger partial charge in [0, 0.05) is 24.3 Å². The molecule has 0 spiro atoms. The summed E-state index contributed by atoms with van der Waals surface area (Å²) in [6.07, 6.45) is 6.56. The Morgan fingerprint density at radius 1 is 1.30 bits per heavy atom. The van der Waals surface area contributed by atoms with Crippen molar-refractivity contribution in [2.75, 3.05) is 13.1 Å². The normalized spacial score (nSPS) is 21.0. The van der Waals surface area contributed by atoms with Crippen LogP contribution in [0.15, 0.2) is 12.4 Å². The van der Waals surface area contributed by atoms with Gasteiger partial charge in [-0.1, -0.05) is 13.0 Å². The highest BCUT2D eigenvalue weighted by Gasteiger charge is 2.28. The third-order valence-corrected chi connectivity index (χ3v) is 4.44. The highest BCUT2D eigenvalue weighted by Crippen LogP contribution is 2.37. The highest BCUT2D eigenvalue weighted by molar-refractivity contribution is 5.73. The van der Waals surface area contributed by atoms with Gasteiger partial charge >= 0.3 is 6.09 Å². The molecule has 1 aromatic heterocycles. The molecule has 3 rings (SSSR count). The van der Waals surface area contributed by atoms with Crippen LogP contribution < -0.4 is 0 Å². The lowest BCUT2D eigenvalue weighted by atomic mass is 9.95. The highest BCUT2D eigenvalue weighted by atomic mass is 16.6. The van der Waals surface area contributed by atoms with Gasteiger partial charge in [-0.2, -0.15) is 0 Å². The summed E-state index contributed by atoms with van der Waals surface area (Å²) in [7, 11) is 0. The first kappa shape index (κ1) is 16.0. The molecule has 0 saturated carbocycles. The second kappa shape index (κ2) is 5.95. The third kappa shape index (κ3) is 3.38. The van der Waals surface area contributed by atoms with Crippen LogP contribution in [0.2, 0.25) is 0 Å². The Labute approximate surface area is 137 Å². The first-order chi connectivity index (χ1) is 10.8. The van der Waals surface area contributed by atoms with Crippen molar-refractivity contribution in [2.45, 2.75) is 58.5 Å². The van der Waals surface area contributed by atoms with E-state index in [1.54, 1.807) is 11.2 Å². The summed E-state index contributed by atoms with van der Waals surface area (Å²) < 4.78 is 5.44. The average Bonchev–Trinajstić information content (AvgIpc) is 2.87. The van der Waals surface area contributed by atoms with Gasteiger partial charge in [0.15, 0.2) is 0 Å². The molecule has 0 saturated heterocycles. The van der Waals surface area contributed by atoms with Crippen molar-refractivity contribution in [3.63, 3.8) is 0 Å². The molecule has 0 radical (unpaired) electrons. The van der Waals surface area contributed by atoms with Crippen molar-refractivity contribution in [3.05, 3.63) is 29.4 Å². The SMILES string of the molecule is C[C@@H]1CCc2ncnc(C3=CCN(C(=O)OC(C)(C)C)CC3)c21. The van der Waals surface area contributed by atoms with Crippen LogP contribution in [0, 0.1) is 0 Å². The van der Waals surface area contributed by atoms with Crippen LogP contribution in [0.5, 0.6) is 0 Å². The lowest BCUT2D eigenvalue weighted by Crippen LogP contribution is -2.39. The molecule has 0 bridgehead atoms. The molecule has 1 amide bonds. The smallest absolute Gasteiger partial charge is 0.410 e. The Hall–Kier alpha value is -1.91. The van der Waals surface area contributed by atoms with Crippen molar-refractivity contribution in [3.8, 4) is 0 Å². The van der Waals surface area contributed by atoms with E-state index in [-0.39, 0.29) is 6.09 Å². The molecule has 0 aromatic carbocycles.